The van der Waals surface area contributed by atoms with Crippen molar-refractivity contribution in [1.29, 1.82) is 0 Å². The van der Waals surface area contributed by atoms with E-state index in [1.165, 1.54) is 12.1 Å². The third-order valence-corrected chi connectivity index (χ3v) is 3.49. The minimum Gasteiger partial charge on any atom is -0.350 e. The number of non-ortho nitro benzene ring substituents is 1. The summed E-state index contributed by atoms with van der Waals surface area (Å²) in [5.74, 6) is 0. The fourth-order valence-corrected chi connectivity index (χ4v) is 2.41. The topological polar surface area (TPSA) is 65.1 Å². The summed E-state index contributed by atoms with van der Waals surface area (Å²) in [4.78, 5) is 22.8. The van der Waals surface area contributed by atoms with Crippen LogP contribution in [0.2, 0.25) is 0 Å². The van der Waals surface area contributed by atoms with E-state index in [9.17, 15) is 14.9 Å². The Balaban J connectivity index is 2.23. The Morgan fingerprint density at radius 2 is 1.71 bits per heavy atom. The minimum absolute atomic E-state index is 0.0105. The molecule has 0 atom stereocenters. The molecule has 21 heavy (non-hydrogen) atoms. The first-order valence-corrected chi connectivity index (χ1v) is 6.41. The maximum absolute atomic E-state index is 12.6. The van der Waals surface area contributed by atoms with E-state index in [-0.39, 0.29) is 11.1 Å². The van der Waals surface area contributed by atoms with Gasteiger partial charge in [-0.05, 0) is 29.8 Å². The van der Waals surface area contributed by atoms with Crippen LogP contribution < -0.4 is 5.43 Å². The summed E-state index contributed by atoms with van der Waals surface area (Å²) < 4.78 is 1.88. The predicted octanol–water partition coefficient (Wildman–Crippen LogP) is 3.11. The summed E-state index contributed by atoms with van der Waals surface area (Å²) in [6.45, 7) is 0. The quantitative estimate of drug-likeness (QED) is 0.535. The molecule has 0 N–H and O–H groups in total. The second-order valence-corrected chi connectivity index (χ2v) is 4.80. The molecular weight excluding hydrogens is 268 g/mol. The van der Waals surface area contributed by atoms with E-state index in [1.54, 1.807) is 24.4 Å². The molecule has 1 aromatic heterocycles. The zero-order valence-electron chi connectivity index (χ0n) is 11.3. The Bertz CT molecular complexity index is 896. The lowest BCUT2D eigenvalue weighted by atomic mass is 10.0. The third-order valence-electron chi connectivity index (χ3n) is 3.49. The van der Waals surface area contributed by atoms with E-state index in [2.05, 4.69) is 0 Å². The lowest BCUT2D eigenvalue weighted by Crippen LogP contribution is -2.10. The van der Waals surface area contributed by atoms with E-state index >= 15 is 0 Å². The van der Waals surface area contributed by atoms with Gasteiger partial charge in [0.2, 0.25) is 0 Å². The third kappa shape index (κ3) is 2.18. The Labute approximate surface area is 120 Å². The van der Waals surface area contributed by atoms with Crippen molar-refractivity contribution in [3.63, 3.8) is 0 Å². The van der Waals surface area contributed by atoms with Gasteiger partial charge in [-0.2, -0.15) is 0 Å². The number of nitro groups is 1. The summed E-state index contributed by atoms with van der Waals surface area (Å²) in [6, 6.07) is 13.4. The molecule has 0 amide bonds. The molecule has 2 aromatic carbocycles. The SMILES string of the molecule is Cn1cc(-c2ccc([N+](=O)[O-])cc2)c(=O)c2ccccc21. The van der Waals surface area contributed by atoms with Gasteiger partial charge < -0.3 is 4.57 Å². The van der Waals surface area contributed by atoms with Crippen LogP contribution in [0.4, 0.5) is 5.69 Å². The largest absolute Gasteiger partial charge is 0.350 e. The Morgan fingerprint density at radius 3 is 2.38 bits per heavy atom. The highest BCUT2D eigenvalue weighted by atomic mass is 16.6. The molecule has 5 heteroatoms. The standard InChI is InChI=1S/C16H12N2O3/c1-17-10-14(11-6-8-12(9-7-11)18(20)21)16(19)13-4-2-3-5-15(13)17/h2-10H,1H3. The number of nitrogens with zero attached hydrogens (tertiary/aromatic N) is 2. The first-order valence-electron chi connectivity index (χ1n) is 6.41. The van der Waals surface area contributed by atoms with Crippen LogP contribution >= 0.6 is 0 Å². The average molecular weight is 280 g/mol. The molecule has 5 nitrogen and oxygen atoms in total. The average Bonchev–Trinajstić information content (AvgIpc) is 2.51. The molecule has 0 bridgehead atoms. The molecule has 0 aliphatic heterocycles. The van der Waals surface area contributed by atoms with Crippen molar-refractivity contribution >= 4 is 16.6 Å². The van der Waals surface area contributed by atoms with Crippen molar-refractivity contribution in [3.05, 3.63) is 75.1 Å². The summed E-state index contributed by atoms with van der Waals surface area (Å²) >= 11 is 0. The van der Waals surface area contributed by atoms with E-state index in [4.69, 9.17) is 0 Å². The molecule has 0 unspecified atom stereocenters. The number of fused-ring (bicyclic) bond motifs is 1. The zero-order valence-corrected chi connectivity index (χ0v) is 11.3. The summed E-state index contributed by atoms with van der Waals surface area (Å²) in [5.41, 5.74) is 2.00. The number of benzene rings is 2. The fraction of sp³-hybridized carbons (Fsp3) is 0.0625. The summed E-state index contributed by atoms with van der Waals surface area (Å²) in [6.07, 6.45) is 1.76. The van der Waals surface area contributed by atoms with Crippen LogP contribution in [0, 0.1) is 10.1 Å². The number of aromatic nitrogens is 1. The summed E-state index contributed by atoms with van der Waals surface area (Å²) in [5, 5.41) is 11.3. The first-order chi connectivity index (χ1) is 10.1. The van der Waals surface area contributed by atoms with Gasteiger partial charge in [0.05, 0.1) is 10.4 Å². The molecule has 1 heterocycles. The number of pyridine rings is 1. The van der Waals surface area contributed by atoms with Gasteiger partial charge in [-0.15, -0.1) is 0 Å². The molecule has 104 valence electrons. The molecular formula is C16H12N2O3. The van der Waals surface area contributed by atoms with E-state index in [1.807, 2.05) is 29.8 Å². The second-order valence-electron chi connectivity index (χ2n) is 4.80. The van der Waals surface area contributed by atoms with Gasteiger partial charge >= 0.3 is 0 Å². The predicted molar refractivity (Wildman–Crippen MR) is 81.3 cm³/mol. The van der Waals surface area contributed by atoms with Crippen LogP contribution in [-0.4, -0.2) is 9.49 Å². The number of para-hydroxylation sites is 1. The fourth-order valence-electron chi connectivity index (χ4n) is 2.41. The lowest BCUT2D eigenvalue weighted by Gasteiger charge is -2.09. The van der Waals surface area contributed by atoms with E-state index in [0.29, 0.717) is 16.5 Å². The van der Waals surface area contributed by atoms with Gasteiger partial charge in [-0.3, -0.25) is 14.9 Å². The Morgan fingerprint density at radius 1 is 1.05 bits per heavy atom. The van der Waals surface area contributed by atoms with Crippen LogP contribution in [0.25, 0.3) is 22.0 Å². The molecule has 0 radical (unpaired) electrons. The van der Waals surface area contributed by atoms with Crippen LogP contribution in [0.15, 0.2) is 59.5 Å². The Hall–Kier alpha value is -2.95. The molecule has 0 aliphatic carbocycles. The maximum Gasteiger partial charge on any atom is 0.269 e. The lowest BCUT2D eigenvalue weighted by molar-refractivity contribution is -0.384. The second kappa shape index (κ2) is 4.86. The number of aryl methyl sites for hydroxylation is 1. The molecule has 3 aromatic rings. The summed E-state index contributed by atoms with van der Waals surface area (Å²) in [7, 11) is 1.87. The van der Waals surface area contributed by atoms with Crippen LogP contribution in [0.3, 0.4) is 0 Å². The monoisotopic (exact) mass is 280 g/mol. The van der Waals surface area contributed by atoms with Crippen molar-refractivity contribution in [1.82, 2.24) is 4.57 Å². The van der Waals surface area contributed by atoms with Crippen molar-refractivity contribution in [2.24, 2.45) is 7.05 Å². The number of nitro benzene ring substituents is 1. The van der Waals surface area contributed by atoms with Crippen molar-refractivity contribution in [3.8, 4) is 11.1 Å². The molecule has 3 rings (SSSR count). The van der Waals surface area contributed by atoms with Gasteiger partial charge in [-0.1, -0.05) is 12.1 Å². The molecule has 0 aliphatic rings. The zero-order chi connectivity index (χ0) is 15.0. The maximum atomic E-state index is 12.6. The molecule has 0 saturated heterocycles. The van der Waals surface area contributed by atoms with Gasteiger partial charge in [0.1, 0.15) is 0 Å². The smallest absolute Gasteiger partial charge is 0.269 e. The number of hydrogen-bond donors (Lipinski definition) is 0. The van der Waals surface area contributed by atoms with Crippen molar-refractivity contribution < 1.29 is 4.92 Å². The van der Waals surface area contributed by atoms with Gasteiger partial charge in [0.25, 0.3) is 5.69 Å². The molecule has 0 fully saturated rings. The number of hydrogen-bond acceptors (Lipinski definition) is 3. The highest BCUT2D eigenvalue weighted by Crippen LogP contribution is 2.22. The minimum atomic E-state index is -0.456. The molecule has 0 saturated carbocycles. The van der Waals surface area contributed by atoms with E-state index < -0.39 is 4.92 Å². The van der Waals surface area contributed by atoms with Crippen LogP contribution in [0.1, 0.15) is 0 Å². The van der Waals surface area contributed by atoms with Gasteiger partial charge in [0, 0.05) is 36.3 Å². The van der Waals surface area contributed by atoms with Crippen LogP contribution in [0.5, 0.6) is 0 Å². The first kappa shape index (κ1) is 13.1. The van der Waals surface area contributed by atoms with Crippen molar-refractivity contribution in [2.75, 3.05) is 0 Å². The van der Waals surface area contributed by atoms with Crippen LogP contribution in [-0.2, 0) is 7.05 Å². The van der Waals surface area contributed by atoms with Gasteiger partial charge in [0.15, 0.2) is 5.43 Å². The van der Waals surface area contributed by atoms with E-state index in [0.717, 1.165) is 5.52 Å². The van der Waals surface area contributed by atoms with Gasteiger partial charge in [-0.25, -0.2) is 0 Å². The molecule has 0 spiro atoms. The number of rotatable bonds is 2. The Kier molecular flexibility index (Phi) is 3.02. The van der Waals surface area contributed by atoms with Crippen molar-refractivity contribution in [2.45, 2.75) is 0 Å². The highest BCUT2D eigenvalue weighted by Gasteiger charge is 2.11. The highest BCUT2D eigenvalue weighted by molar-refractivity contribution is 5.84. The normalized spacial score (nSPS) is 10.7.